The summed E-state index contributed by atoms with van der Waals surface area (Å²) >= 11 is 3.02. The molecule has 5 nitrogen and oxygen atoms in total. The molecule has 7 heteroatoms. The lowest BCUT2D eigenvalue weighted by atomic mass is 10.0. The summed E-state index contributed by atoms with van der Waals surface area (Å²) in [6.45, 7) is 0.270. The smallest absolute Gasteiger partial charge is 0.311 e. The number of hydrogen-bond donors (Lipinski definition) is 1. The quantitative estimate of drug-likeness (QED) is 0.906. The van der Waals surface area contributed by atoms with Crippen LogP contribution < -0.4 is 0 Å². The maximum Gasteiger partial charge on any atom is 0.311 e. The highest BCUT2D eigenvalue weighted by Gasteiger charge is 2.38. The predicted molar refractivity (Wildman–Crippen MR) is 71.9 cm³/mol. The Bertz CT molecular complexity index is 551. The summed E-state index contributed by atoms with van der Waals surface area (Å²) in [6, 6.07) is 3.40. The number of likely N-dealkylation sites (N-methyl/N-ethyl adjacent to an activating group) is 1. The number of amides is 1. The summed E-state index contributed by atoms with van der Waals surface area (Å²) in [5, 5.41) is 9.09. The number of nitrogens with zero attached hydrogens (tertiary/aromatic N) is 1. The minimum atomic E-state index is -0.993. The Labute approximate surface area is 123 Å². The molecule has 1 heterocycles. The maximum atomic E-state index is 13.2. The predicted octanol–water partition coefficient (Wildman–Crippen LogP) is 1.76. The van der Waals surface area contributed by atoms with Gasteiger partial charge in [0.2, 0.25) is 0 Å². The first-order chi connectivity index (χ1) is 9.41. The van der Waals surface area contributed by atoms with E-state index in [1.54, 1.807) is 0 Å². The van der Waals surface area contributed by atoms with E-state index < -0.39 is 23.7 Å². The second-order valence-corrected chi connectivity index (χ2v) is 5.45. The third-order valence-corrected chi connectivity index (χ3v) is 3.96. The summed E-state index contributed by atoms with van der Waals surface area (Å²) in [6.07, 6.45) is 0. The Morgan fingerprint density at radius 1 is 1.45 bits per heavy atom. The molecule has 20 heavy (non-hydrogen) atoms. The van der Waals surface area contributed by atoms with Crippen LogP contribution in [0, 0.1) is 11.7 Å². The molecule has 1 aliphatic rings. The zero-order valence-electron chi connectivity index (χ0n) is 10.7. The molecule has 2 rings (SSSR count). The molecule has 1 fully saturated rings. The third-order valence-electron chi connectivity index (χ3n) is 3.35. The molecule has 1 amide bonds. The van der Waals surface area contributed by atoms with Crippen molar-refractivity contribution in [2.45, 2.75) is 6.04 Å². The molecule has 1 N–H and O–H groups in total. The molecule has 0 aliphatic carbocycles. The van der Waals surface area contributed by atoms with Gasteiger partial charge in [-0.15, -0.1) is 0 Å². The van der Waals surface area contributed by atoms with Crippen LogP contribution in [0.1, 0.15) is 10.4 Å². The van der Waals surface area contributed by atoms with Crippen LogP contribution in [0.25, 0.3) is 0 Å². The minimum Gasteiger partial charge on any atom is -0.481 e. The Kier molecular flexibility index (Phi) is 4.39. The van der Waals surface area contributed by atoms with E-state index in [-0.39, 0.29) is 29.2 Å². The van der Waals surface area contributed by atoms with Crippen LogP contribution in [0.15, 0.2) is 22.7 Å². The van der Waals surface area contributed by atoms with Gasteiger partial charge in [0, 0.05) is 12.6 Å². The summed E-state index contributed by atoms with van der Waals surface area (Å²) in [7, 11) is 1.52. The lowest BCUT2D eigenvalue weighted by Crippen LogP contribution is -2.44. The number of carbonyl (C=O) groups excluding carboxylic acids is 1. The van der Waals surface area contributed by atoms with Crippen LogP contribution in [0.5, 0.6) is 0 Å². The number of rotatable bonds is 3. The highest BCUT2D eigenvalue weighted by atomic mass is 79.9. The molecular formula is C13H13BrFNO4. The van der Waals surface area contributed by atoms with E-state index in [1.165, 1.54) is 30.1 Å². The number of hydrogen-bond acceptors (Lipinski definition) is 3. The number of aliphatic carboxylic acids is 1. The number of carboxylic acid groups (broad SMARTS) is 1. The maximum absolute atomic E-state index is 13.2. The fourth-order valence-corrected chi connectivity index (χ4v) is 2.52. The topological polar surface area (TPSA) is 66.8 Å². The van der Waals surface area contributed by atoms with E-state index in [9.17, 15) is 14.0 Å². The standard InChI is InChI=1S/C13H13BrFNO4/c1-16(11-6-20-5-8(11)13(18)19)12(17)7-2-3-10(15)9(14)4-7/h2-4,8,11H,5-6H2,1H3,(H,18,19). The SMILES string of the molecule is CN(C(=O)c1ccc(F)c(Br)c1)C1COCC1C(=O)O. The average Bonchev–Trinajstić information content (AvgIpc) is 2.89. The Morgan fingerprint density at radius 2 is 2.15 bits per heavy atom. The van der Waals surface area contributed by atoms with Crippen molar-refractivity contribution < 1.29 is 23.8 Å². The third kappa shape index (κ3) is 2.83. The fraction of sp³-hybridized carbons (Fsp3) is 0.385. The molecule has 0 aromatic heterocycles. The first-order valence-corrected chi connectivity index (χ1v) is 6.74. The zero-order valence-corrected chi connectivity index (χ0v) is 12.3. The van der Waals surface area contributed by atoms with E-state index in [1.807, 2.05) is 0 Å². The van der Waals surface area contributed by atoms with E-state index in [0.717, 1.165) is 0 Å². The summed E-state index contributed by atoms with van der Waals surface area (Å²) in [5.41, 5.74) is 0.289. The molecule has 1 saturated heterocycles. The molecule has 0 saturated carbocycles. The summed E-state index contributed by atoms with van der Waals surface area (Å²) in [5.74, 6) is -2.57. The van der Waals surface area contributed by atoms with Crippen molar-refractivity contribution in [2.24, 2.45) is 5.92 Å². The first-order valence-electron chi connectivity index (χ1n) is 5.94. The number of carbonyl (C=O) groups is 2. The van der Waals surface area contributed by atoms with Crippen molar-refractivity contribution in [3.8, 4) is 0 Å². The van der Waals surface area contributed by atoms with Crippen molar-refractivity contribution in [3.63, 3.8) is 0 Å². The van der Waals surface area contributed by atoms with Crippen LogP contribution in [0.2, 0.25) is 0 Å². The second-order valence-electron chi connectivity index (χ2n) is 4.59. The normalized spacial score (nSPS) is 21.8. The van der Waals surface area contributed by atoms with Crippen LogP contribution in [-0.4, -0.2) is 48.2 Å². The van der Waals surface area contributed by atoms with Gasteiger partial charge in [-0.05, 0) is 34.1 Å². The Morgan fingerprint density at radius 3 is 2.75 bits per heavy atom. The fourth-order valence-electron chi connectivity index (χ4n) is 2.14. The van der Waals surface area contributed by atoms with Gasteiger partial charge in [0.05, 0.1) is 23.7 Å². The van der Waals surface area contributed by atoms with Crippen molar-refractivity contribution in [3.05, 3.63) is 34.1 Å². The molecule has 0 bridgehead atoms. The van der Waals surface area contributed by atoms with Gasteiger partial charge in [0.15, 0.2) is 0 Å². The lowest BCUT2D eigenvalue weighted by molar-refractivity contribution is -0.142. The van der Waals surface area contributed by atoms with Crippen LogP contribution >= 0.6 is 15.9 Å². The largest absolute Gasteiger partial charge is 0.481 e. The molecule has 1 aliphatic heterocycles. The number of ether oxygens (including phenoxy) is 1. The van der Waals surface area contributed by atoms with Gasteiger partial charge in [-0.25, -0.2) is 4.39 Å². The van der Waals surface area contributed by atoms with E-state index >= 15 is 0 Å². The van der Waals surface area contributed by atoms with Crippen LogP contribution in [0.3, 0.4) is 0 Å². The van der Waals surface area contributed by atoms with Gasteiger partial charge >= 0.3 is 5.97 Å². The van der Waals surface area contributed by atoms with Crippen molar-refractivity contribution >= 4 is 27.8 Å². The van der Waals surface area contributed by atoms with Gasteiger partial charge in [-0.1, -0.05) is 0 Å². The first kappa shape index (κ1) is 14.9. The second kappa shape index (κ2) is 5.88. The van der Waals surface area contributed by atoms with Crippen LogP contribution in [-0.2, 0) is 9.53 Å². The van der Waals surface area contributed by atoms with Crippen LogP contribution in [0.4, 0.5) is 4.39 Å². The average molecular weight is 346 g/mol. The van der Waals surface area contributed by atoms with Gasteiger partial charge in [-0.3, -0.25) is 9.59 Å². The molecule has 2 atom stereocenters. The monoisotopic (exact) mass is 345 g/mol. The van der Waals surface area contributed by atoms with Crippen molar-refractivity contribution in [2.75, 3.05) is 20.3 Å². The molecule has 2 unspecified atom stereocenters. The van der Waals surface area contributed by atoms with Gasteiger partial charge in [0.25, 0.3) is 5.91 Å². The lowest BCUT2D eigenvalue weighted by Gasteiger charge is -2.26. The van der Waals surface area contributed by atoms with Gasteiger partial charge < -0.3 is 14.7 Å². The van der Waals surface area contributed by atoms with Crippen molar-refractivity contribution in [1.82, 2.24) is 4.90 Å². The van der Waals surface area contributed by atoms with Crippen molar-refractivity contribution in [1.29, 1.82) is 0 Å². The Balaban J connectivity index is 2.19. The molecule has 0 spiro atoms. The molecular weight excluding hydrogens is 333 g/mol. The van der Waals surface area contributed by atoms with E-state index in [4.69, 9.17) is 9.84 Å². The molecule has 1 aromatic rings. The zero-order chi connectivity index (χ0) is 14.9. The highest BCUT2D eigenvalue weighted by Crippen LogP contribution is 2.22. The minimum absolute atomic E-state index is 0.0880. The number of benzene rings is 1. The summed E-state index contributed by atoms with van der Waals surface area (Å²) in [4.78, 5) is 24.7. The highest BCUT2D eigenvalue weighted by molar-refractivity contribution is 9.10. The Hall–Kier alpha value is -1.47. The van der Waals surface area contributed by atoms with E-state index in [2.05, 4.69) is 15.9 Å². The molecule has 1 aromatic carbocycles. The van der Waals surface area contributed by atoms with E-state index in [0.29, 0.717) is 0 Å². The number of carboxylic acids is 1. The molecule has 108 valence electrons. The molecule has 0 radical (unpaired) electrons. The summed E-state index contributed by atoms with van der Waals surface area (Å²) < 4.78 is 18.5. The van der Waals surface area contributed by atoms with Gasteiger partial charge in [-0.2, -0.15) is 0 Å². The van der Waals surface area contributed by atoms with Gasteiger partial charge in [0.1, 0.15) is 11.7 Å². The number of halogens is 2.